The Bertz CT molecular complexity index is 967. The third-order valence-corrected chi connectivity index (χ3v) is 6.98. The standard InChI is InChI=1S/C21H25N3O4S2/c1-13-14(2)30-19(18(13)20(25)26-3)22-21(29)24-8-6-23(7-9-24)11-15-4-5-16-17(10-15)28-12-27-16/h4-5,10H,6-9,11-12H2,1-3H3,(H,22,29). The molecule has 0 spiro atoms. The second-order valence-electron chi connectivity index (χ2n) is 7.36. The lowest BCUT2D eigenvalue weighted by molar-refractivity contribution is 0.0601. The molecule has 0 radical (unpaired) electrons. The van der Waals surface area contributed by atoms with E-state index in [1.165, 1.54) is 24.0 Å². The predicted molar refractivity (Wildman–Crippen MR) is 121 cm³/mol. The maximum Gasteiger partial charge on any atom is 0.341 e. The van der Waals surface area contributed by atoms with Gasteiger partial charge < -0.3 is 24.4 Å². The van der Waals surface area contributed by atoms with E-state index in [1.807, 2.05) is 19.9 Å². The van der Waals surface area contributed by atoms with Crippen molar-refractivity contribution < 1.29 is 19.0 Å². The number of nitrogens with zero attached hydrogens (tertiary/aromatic N) is 2. The SMILES string of the molecule is COC(=O)c1c(NC(=S)N2CCN(Cc3ccc4c(c3)OCO4)CC2)sc(C)c1C. The first-order chi connectivity index (χ1) is 14.5. The van der Waals surface area contributed by atoms with E-state index in [4.69, 9.17) is 26.4 Å². The molecule has 0 amide bonds. The van der Waals surface area contributed by atoms with E-state index in [0.29, 0.717) is 17.5 Å². The third kappa shape index (κ3) is 4.23. The molecular weight excluding hydrogens is 422 g/mol. The highest BCUT2D eigenvalue weighted by atomic mass is 32.1. The molecule has 30 heavy (non-hydrogen) atoms. The van der Waals surface area contributed by atoms with Gasteiger partial charge in [-0.2, -0.15) is 0 Å². The summed E-state index contributed by atoms with van der Waals surface area (Å²) in [7, 11) is 1.40. The second-order valence-corrected chi connectivity index (χ2v) is 8.97. The van der Waals surface area contributed by atoms with E-state index in [-0.39, 0.29) is 5.97 Å². The van der Waals surface area contributed by atoms with Gasteiger partial charge in [-0.1, -0.05) is 6.07 Å². The molecule has 1 saturated heterocycles. The van der Waals surface area contributed by atoms with Gasteiger partial charge in [0.15, 0.2) is 16.6 Å². The summed E-state index contributed by atoms with van der Waals surface area (Å²) in [4.78, 5) is 17.8. The first-order valence-electron chi connectivity index (χ1n) is 9.81. The van der Waals surface area contributed by atoms with Crippen LogP contribution in [0.4, 0.5) is 5.00 Å². The summed E-state index contributed by atoms with van der Waals surface area (Å²) in [6.45, 7) is 8.55. The molecule has 160 valence electrons. The van der Waals surface area contributed by atoms with Gasteiger partial charge in [0.05, 0.1) is 12.7 Å². The minimum absolute atomic E-state index is 0.295. The van der Waals surface area contributed by atoms with E-state index in [0.717, 1.165) is 59.7 Å². The average molecular weight is 448 g/mol. The van der Waals surface area contributed by atoms with Gasteiger partial charge in [-0.3, -0.25) is 4.90 Å². The lowest BCUT2D eigenvalue weighted by Gasteiger charge is -2.36. The zero-order chi connectivity index (χ0) is 21.3. The number of anilines is 1. The monoisotopic (exact) mass is 447 g/mol. The fourth-order valence-corrected chi connectivity index (χ4v) is 5.04. The van der Waals surface area contributed by atoms with E-state index in [9.17, 15) is 4.79 Å². The molecule has 2 aliphatic rings. The molecular formula is C21H25N3O4S2. The van der Waals surface area contributed by atoms with Crippen LogP contribution in [0.15, 0.2) is 18.2 Å². The molecule has 1 aromatic carbocycles. The van der Waals surface area contributed by atoms with Gasteiger partial charge in [0.25, 0.3) is 0 Å². The van der Waals surface area contributed by atoms with Crippen LogP contribution in [-0.2, 0) is 11.3 Å². The number of piperazine rings is 1. The Balaban J connectivity index is 1.34. The molecule has 4 rings (SSSR count). The lowest BCUT2D eigenvalue weighted by Crippen LogP contribution is -2.49. The highest BCUT2D eigenvalue weighted by molar-refractivity contribution is 7.80. The Morgan fingerprint density at radius 1 is 1.20 bits per heavy atom. The van der Waals surface area contributed by atoms with Gasteiger partial charge in [0, 0.05) is 37.6 Å². The van der Waals surface area contributed by atoms with Gasteiger partial charge in [-0.25, -0.2) is 4.79 Å². The van der Waals surface area contributed by atoms with Crippen LogP contribution in [0.5, 0.6) is 11.5 Å². The first kappa shape index (κ1) is 20.9. The van der Waals surface area contributed by atoms with Gasteiger partial charge in [0.2, 0.25) is 6.79 Å². The lowest BCUT2D eigenvalue weighted by atomic mass is 10.1. The van der Waals surface area contributed by atoms with E-state index in [1.54, 1.807) is 0 Å². The molecule has 9 heteroatoms. The van der Waals surface area contributed by atoms with E-state index >= 15 is 0 Å². The number of hydrogen-bond acceptors (Lipinski definition) is 7. The van der Waals surface area contributed by atoms with Gasteiger partial charge >= 0.3 is 5.97 Å². The number of benzene rings is 1. The van der Waals surface area contributed by atoms with Crippen LogP contribution in [0.25, 0.3) is 0 Å². The van der Waals surface area contributed by atoms with Crippen molar-refractivity contribution in [3.8, 4) is 11.5 Å². The zero-order valence-corrected chi connectivity index (χ0v) is 19.0. The zero-order valence-electron chi connectivity index (χ0n) is 17.3. The predicted octanol–water partition coefficient (Wildman–Crippen LogP) is 3.39. The normalized spacial score (nSPS) is 15.9. The summed E-state index contributed by atoms with van der Waals surface area (Å²) in [5.74, 6) is 1.29. The number of thiophene rings is 1. The van der Waals surface area contributed by atoms with Crippen LogP contribution in [-0.4, -0.2) is 61.0 Å². The van der Waals surface area contributed by atoms with Crippen LogP contribution >= 0.6 is 23.6 Å². The Morgan fingerprint density at radius 2 is 1.93 bits per heavy atom. The third-order valence-electron chi connectivity index (χ3n) is 5.50. The molecule has 0 saturated carbocycles. The number of carbonyl (C=O) groups is 1. The first-order valence-corrected chi connectivity index (χ1v) is 11.0. The highest BCUT2D eigenvalue weighted by Gasteiger charge is 2.24. The van der Waals surface area contributed by atoms with Crippen LogP contribution < -0.4 is 14.8 Å². The summed E-state index contributed by atoms with van der Waals surface area (Å²) in [6, 6.07) is 6.11. The molecule has 2 aliphatic heterocycles. The number of methoxy groups -OCH3 is 1. The molecule has 7 nitrogen and oxygen atoms in total. The topological polar surface area (TPSA) is 63.3 Å². The van der Waals surface area contributed by atoms with Gasteiger partial charge in [-0.05, 0) is 49.3 Å². The summed E-state index contributed by atoms with van der Waals surface area (Å²) in [5, 5.41) is 4.67. The smallest absolute Gasteiger partial charge is 0.341 e. The number of rotatable bonds is 4. The molecule has 1 fully saturated rings. The minimum Gasteiger partial charge on any atom is -0.465 e. The number of fused-ring (bicyclic) bond motifs is 1. The quantitative estimate of drug-likeness (QED) is 0.565. The fraction of sp³-hybridized carbons (Fsp3) is 0.429. The van der Waals surface area contributed by atoms with Crippen molar-refractivity contribution in [3.05, 3.63) is 39.8 Å². The molecule has 1 aromatic heterocycles. The molecule has 0 unspecified atom stereocenters. The second kappa shape index (κ2) is 8.79. The van der Waals surface area contributed by atoms with Crippen molar-refractivity contribution in [2.75, 3.05) is 45.4 Å². The van der Waals surface area contributed by atoms with E-state index in [2.05, 4.69) is 27.2 Å². The number of hydrogen-bond donors (Lipinski definition) is 1. The van der Waals surface area contributed by atoms with Gasteiger partial charge in [-0.15, -0.1) is 11.3 Å². The number of nitrogens with one attached hydrogen (secondary N) is 1. The summed E-state index contributed by atoms with van der Waals surface area (Å²) in [5.41, 5.74) is 2.72. The van der Waals surface area contributed by atoms with Crippen LogP contribution in [0.1, 0.15) is 26.4 Å². The molecule has 1 N–H and O–H groups in total. The van der Waals surface area contributed by atoms with Crippen molar-refractivity contribution in [2.24, 2.45) is 0 Å². The van der Waals surface area contributed by atoms with Crippen LogP contribution in [0.2, 0.25) is 0 Å². The summed E-state index contributed by atoms with van der Waals surface area (Å²) in [6.07, 6.45) is 0. The maximum absolute atomic E-state index is 12.2. The van der Waals surface area contributed by atoms with E-state index < -0.39 is 0 Å². The molecule has 0 bridgehead atoms. The highest BCUT2D eigenvalue weighted by Crippen LogP contribution is 2.34. The minimum atomic E-state index is -0.337. The van der Waals surface area contributed by atoms with Crippen molar-refractivity contribution in [2.45, 2.75) is 20.4 Å². The maximum atomic E-state index is 12.2. The fourth-order valence-electron chi connectivity index (χ4n) is 3.65. The van der Waals surface area contributed by atoms with Crippen molar-refractivity contribution in [1.82, 2.24) is 9.80 Å². The van der Waals surface area contributed by atoms with Crippen LogP contribution in [0.3, 0.4) is 0 Å². The summed E-state index contributed by atoms with van der Waals surface area (Å²) >= 11 is 7.16. The number of ether oxygens (including phenoxy) is 3. The molecule has 2 aromatic rings. The number of aryl methyl sites for hydroxylation is 1. The molecule has 0 aliphatic carbocycles. The van der Waals surface area contributed by atoms with Gasteiger partial charge in [0.1, 0.15) is 5.00 Å². The average Bonchev–Trinajstić information content (AvgIpc) is 3.32. The van der Waals surface area contributed by atoms with Crippen molar-refractivity contribution >= 4 is 39.6 Å². The molecule has 0 atom stereocenters. The number of esters is 1. The van der Waals surface area contributed by atoms with Crippen molar-refractivity contribution in [3.63, 3.8) is 0 Å². The molecule has 3 heterocycles. The Morgan fingerprint density at radius 3 is 2.67 bits per heavy atom. The Kier molecular flexibility index (Phi) is 6.12. The number of thiocarbonyl (C=S) groups is 1. The van der Waals surface area contributed by atoms with Crippen LogP contribution in [0, 0.1) is 13.8 Å². The Labute approximate surface area is 185 Å². The summed E-state index contributed by atoms with van der Waals surface area (Å²) < 4.78 is 15.8. The van der Waals surface area contributed by atoms with Crippen molar-refractivity contribution in [1.29, 1.82) is 0 Å². The largest absolute Gasteiger partial charge is 0.465 e. The number of carbonyl (C=O) groups excluding carboxylic acids is 1. The Hall–Kier alpha value is -2.36.